The fourth-order valence-electron chi connectivity index (χ4n) is 1.99. The third kappa shape index (κ3) is 2.32. The minimum absolute atomic E-state index is 0.114. The van der Waals surface area contributed by atoms with Crippen molar-refractivity contribution < 1.29 is 0 Å². The zero-order valence-electron chi connectivity index (χ0n) is 8.79. The average molecular weight is 271 g/mol. The zero-order chi connectivity index (χ0) is 10.8. The lowest BCUT2D eigenvalue weighted by Crippen LogP contribution is -2.34. The molecule has 1 saturated heterocycles. The number of hydrogen-bond donors (Lipinski definition) is 1. The van der Waals surface area contributed by atoms with Gasteiger partial charge >= 0.3 is 0 Å². The number of rotatable bonds is 1. The summed E-state index contributed by atoms with van der Waals surface area (Å²) in [5.74, 6) is 0. The maximum atomic E-state index is 11.8. The summed E-state index contributed by atoms with van der Waals surface area (Å²) < 4.78 is 2.87. The smallest absolute Gasteiger partial charge is 0.251 e. The predicted molar refractivity (Wildman–Crippen MR) is 64.3 cm³/mol. The van der Waals surface area contributed by atoms with Crippen molar-refractivity contribution in [3.63, 3.8) is 0 Å². The standard InChI is InChI=1S/C11H15BrN2O/c1-8-6-11(15)14(7-10(8)12)9-2-4-13-5-3-9/h6-7,9,13H,2-5H2,1H3. The van der Waals surface area contributed by atoms with Crippen LogP contribution in [0.2, 0.25) is 0 Å². The molecule has 0 radical (unpaired) electrons. The lowest BCUT2D eigenvalue weighted by atomic mass is 10.1. The molecule has 0 aromatic carbocycles. The molecule has 82 valence electrons. The van der Waals surface area contributed by atoms with Crippen LogP contribution in [0.3, 0.4) is 0 Å². The summed E-state index contributed by atoms with van der Waals surface area (Å²) in [6.45, 7) is 3.95. The van der Waals surface area contributed by atoms with Gasteiger partial charge in [-0.15, -0.1) is 0 Å². The van der Waals surface area contributed by atoms with Gasteiger partial charge in [-0.3, -0.25) is 4.79 Å². The van der Waals surface area contributed by atoms with Gasteiger partial charge in [0.2, 0.25) is 0 Å². The monoisotopic (exact) mass is 270 g/mol. The van der Waals surface area contributed by atoms with E-state index in [1.807, 2.05) is 17.7 Å². The van der Waals surface area contributed by atoms with Crippen LogP contribution >= 0.6 is 15.9 Å². The Bertz CT molecular complexity index is 408. The molecule has 0 spiro atoms. The van der Waals surface area contributed by atoms with Crippen molar-refractivity contribution in [1.29, 1.82) is 0 Å². The number of aromatic nitrogens is 1. The van der Waals surface area contributed by atoms with Gasteiger partial charge in [0.25, 0.3) is 5.56 Å². The lowest BCUT2D eigenvalue weighted by molar-refractivity contribution is 0.360. The van der Waals surface area contributed by atoms with Gasteiger partial charge in [-0.25, -0.2) is 0 Å². The van der Waals surface area contributed by atoms with Gasteiger partial charge in [0.05, 0.1) is 0 Å². The molecule has 1 aliphatic rings. The minimum atomic E-state index is 0.114. The van der Waals surface area contributed by atoms with Crippen LogP contribution in [0.1, 0.15) is 24.4 Å². The first-order chi connectivity index (χ1) is 7.18. The third-order valence-electron chi connectivity index (χ3n) is 2.93. The van der Waals surface area contributed by atoms with Crippen molar-refractivity contribution in [2.75, 3.05) is 13.1 Å². The molecule has 0 amide bonds. The first-order valence-electron chi connectivity index (χ1n) is 5.27. The SMILES string of the molecule is Cc1cc(=O)n(C2CCNCC2)cc1Br. The van der Waals surface area contributed by atoms with Crippen molar-refractivity contribution in [3.8, 4) is 0 Å². The lowest BCUT2D eigenvalue weighted by Gasteiger charge is -2.25. The van der Waals surface area contributed by atoms with Crippen LogP contribution in [-0.2, 0) is 0 Å². The van der Waals surface area contributed by atoms with Crippen LogP contribution in [0.25, 0.3) is 0 Å². The molecular weight excluding hydrogens is 256 g/mol. The first-order valence-corrected chi connectivity index (χ1v) is 6.07. The van der Waals surface area contributed by atoms with E-state index in [0.717, 1.165) is 36.0 Å². The number of nitrogens with one attached hydrogen (secondary N) is 1. The Morgan fingerprint density at radius 3 is 2.80 bits per heavy atom. The van der Waals surface area contributed by atoms with Crippen molar-refractivity contribution in [2.24, 2.45) is 0 Å². The second-order valence-corrected chi connectivity index (χ2v) is 4.89. The van der Waals surface area contributed by atoms with E-state index in [-0.39, 0.29) is 5.56 Å². The molecule has 0 atom stereocenters. The highest BCUT2D eigenvalue weighted by Crippen LogP contribution is 2.20. The van der Waals surface area contributed by atoms with Crippen molar-refractivity contribution >= 4 is 15.9 Å². The first kappa shape index (κ1) is 10.9. The topological polar surface area (TPSA) is 34.0 Å². The molecule has 0 bridgehead atoms. The molecule has 4 heteroatoms. The second-order valence-electron chi connectivity index (χ2n) is 4.03. The summed E-state index contributed by atoms with van der Waals surface area (Å²) in [6, 6.07) is 2.06. The summed E-state index contributed by atoms with van der Waals surface area (Å²) in [5.41, 5.74) is 1.12. The molecule has 15 heavy (non-hydrogen) atoms. The van der Waals surface area contributed by atoms with E-state index in [4.69, 9.17) is 0 Å². The summed E-state index contributed by atoms with van der Waals surface area (Å²) in [6.07, 6.45) is 4.00. The Balaban J connectivity index is 2.34. The van der Waals surface area contributed by atoms with E-state index < -0.39 is 0 Å². The summed E-state index contributed by atoms with van der Waals surface area (Å²) in [7, 11) is 0. The van der Waals surface area contributed by atoms with Gasteiger partial charge in [0.1, 0.15) is 0 Å². The van der Waals surface area contributed by atoms with E-state index in [1.165, 1.54) is 0 Å². The highest BCUT2D eigenvalue weighted by molar-refractivity contribution is 9.10. The molecule has 2 rings (SSSR count). The zero-order valence-corrected chi connectivity index (χ0v) is 10.4. The highest BCUT2D eigenvalue weighted by atomic mass is 79.9. The van der Waals surface area contributed by atoms with Crippen LogP contribution in [0.4, 0.5) is 0 Å². The molecule has 1 N–H and O–H groups in total. The molecule has 0 unspecified atom stereocenters. The Labute approximate surface area is 97.6 Å². The van der Waals surface area contributed by atoms with E-state index >= 15 is 0 Å². The number of hydrogen-bond acceptors (Lipinski definition) is 2. The molecule has 3 nitrogen and oxygen atoms in total. The van der Waals surface area contributed by atoms with Crippen LogP contribution in [0, 0.1) is 6.92 Å². The minimum Gasteiger partial charge on any atom is -0.317 e. The predicted octanol–water partition coefficient (Wildman–Crippen LogP) is 1.84. The largest absolute Gasteiger partial charge is 0.317 e. The van der Waals surface area contributed by atoms with Gasteiger partial charge < -0.3 is 9.88 Å². The average Bonchev–Trinajstić information content (AvgIpc) is 2.25. The van der Waals surface area contributed by atoms with Crippen LogP contribution in [-0.4, -0.2) is 17.7 Å². The van der Waals surface area contributed by atoms with Crippen molar-refractivity contribution in [2.45, 2.75) is 25.8 Å². The van der Waals surface area contributed by atoms with Crippen LogP contribution in [0.5, 0.6) is 0 Å². The highest BCUT2D eigenvalue weighted by Gasteiger charge is 2.16. The Kier molecular flexibility index (Phi) is 3.26. The Morgan fingerprint density at radius 2 is 2.13 bits per heavy atom. The summed E-state index contributed by atoms with van der Waals surface area (Å²) in [5, 5.41) is 3.30. The number of pyridine rings is 1. The summed E-state index contributed by atoms with van der Waals surface area (Å²) in [4.78, 5) is 11.8. The van der Waals surface area contributed by atoms with Gasteiger partial charge in [-0.2, -0.15) is 0 Å². The maximum absolute atomic E-state index is 11.8. The van der Waals surface area contributed by atoms with Gasteiger partial charge in [-0.05, 0) is 54.3 Å². The number of nitrogens with zero attached hydrogens (tertiary/aromatic N) is 1. The van der Waals surface area contributed by atoms with E-state index in [0.29, 0.717) is 6.04 Å². The van der Waals surface area contributed by atoms with Crippen molar-refractivity contribution in [1.82, 2.24) is 9.88 Å². The maximum Gasteiger partial charge on any atom is 0.251 e. The molecular formula is C11H15BrN2O. The fraction of sp³-hybridized carbons (Fsp3) is 0.545. The normalized spacial score (nSPS) is 18.0. The molecule has 1 aromatic rings. The number of aryl methyl sites for hydroxylation is 1. The van der Waals surface area contributed by atoms with Gasteiger partial charge in [0.15, 0.2) is 0 Å². The van der Waals surface area contributed by atoms with Gasteiger partial charge in [0, 0.05) is 22.8 Å². The molecule has 1 aliphatic heterocycles. The quantitative estimate of drug-likeness (QED) is 0.845. The fourth-order valence-corrected chi connectivity index (χ4v) is 2.32. The Hall–Kier alpha value is -0.610. The van der Waals surface area contributed by atoms with Crippen LogP contribution in [0.15, 0.2) is 21.5 Å². The number of halogens is 1. The molecule has 0 aliphatic carbocycles. The van der Waals surface area contributed by atoms with Crippen molar-refractivity contribution in [3.05, 3.63) is 32.7 Å². The van der Waals surface area contributed by atoms with E-state index in [1.54, 1.807) is 6.07 Å². The van der Waals surface area contributed by atoms with E-state index in [9.17, 15) is 4.79 Å². The second kappa shape index (κ2) is 4.49. The molecule has 1 fully saturated rings. The molecule has 0 saturated carbocycles. The Morgan fingerprint density at radius 1 is 1.47 bits per heavy atom. The molecule has 1 aromatic heterocycles. The third-order valence-corrected chi connectivity index (χ3v) is 3.76. The molecule has 2 heterocycles. The van der Waals surface area contributed by atoms with Gasteiger partial charge in [-0.1, -0.05) is 0 Å². The number of piperidine rings is 1. The van der Waals surface area contributed by atoms with E-state index in [2.05, 4.69) is 21.2 Å². The van der Waals surface area contributed by atoms with Crippen LogP contribution < -0.4 is 10.9 Å². The summed E-state index contributed by atoms with van der Waals surface area (Å²) >= 11 is 3.47.